The number of anilines is 3. The number of hydrogen-bond acceptors (Lipinski definition) is 2. The van der Waals surface area contributed by atoms with Gasteiger partial charge in [0, 0.05) is 44.0 Å². The standard InChI is InChI=1S/C64H48N2O/c1-2-10-42(11-3-1)43-18-20-44(21-19-43)45-22-27-50(28-23-45)65(51-29-24-46(25-30-51)47-26-31-55-54-13-5-9-17-61(54)67-62(55)37-47)52-38-56-53-12-4-7-15-59(53)66-60-16-8-6-14-57(60)64(58(39-52)63(56)66)48-33-40-32-41(35-48)36-49(64)34-40/h1-31,37-41,48-49H,32-36H2. The number of para-hydroxylation sites is 3. The lowest BCUT2D eigenvalue weighted by atomic mass is 9.41. The molecule has 2 aromatic heterocycles. The molecule has 5 aliphatic rings. The van der Waals surface area contributed by atoms with Gasteiger partial charge < -0.3 is 13.9 Å². The average molecular weight is 861 g/mol. The highest BCUT2D eigenvalue weighted by molar-refractivity contribution is 6.13. The summed E-state index contributed by atoms with van der Waals surface area (Å²) in [6.07, 6.45) is 6.79. The molecule has 16 rings (SSSR count). The fraction of sp³-hybridized carbons (Fsp3) is 0.156. The first-order valence-corrected chi connectivity index (χ1v) is 24.4. The van der Waals surface area contributed by atoms with Gasteiger partial charge in [0.1, 0.15) is 11.2 Å². The third kappa shape index (κ3) is 5.46. The number of fused-ring (bicyclic) bond motifs is 8. The summed E-state index contributed by atoms with van der Waals surface area (Å²) < 4.78 is 8.98. The minimum Gasteiger partial charge on any atom is -0.456 e. The minimum atomic E-state index is -0.0246. The summed E-state index contributed by atoms with van der Waals surface area (Å²) in [5, 5.41) is 4.98. The van der Waals surface area contributed by atoms with Gasteiger partial charge in [-0.1, -0.05) is 140 Å². The van der Waals surface area contributed by atoms with Crippen LogP contribution in [0.15, 0.2) is 211 Å². The summed E-state index contributed by atoms with van der Waals surface area (Å²) in [5.74, 6) is 3.00. The molecule has 0 amide bonds. The Hall–Kier alpha value is -7.62. The van der Waals surface area contributed by atoms with Crippen molar-refractivity contribution in [3.63, 3.8) is 0 Å². The Morgan fingerprint density at radius 3 is 1.63 bits per heavy atom. The Morgan fingerprint density at radius 1 is 0.388 bits per heavy atom. The molecule has 0 atom stereocenters. The Morgan fingerprint density at radius 2 is 0.925 bits per heavy atom. The summed E-state index contributed by atoms with van der Waals surface area (Å²) in [5.41, 5.74) is 19.7. The molecule has 0 unspecified atom stereocenters. The van der Waals surface area contributed by atoms with Crippen molar-refractivity contribution in [1.82, 2.24) is 4.57 Å². The second-order valence-corrected chi connectivity index (χ2v) is 20.1. The molecule has 4 aliphatic carbocycles. The summed E-state index contributed by atoms with van der Waals surface area (Å²) in [7, 11) is 0. The monoisotopic (exact) mass is 860 g/mol. The van der Waals surface area contributed by atoms with Crippen LogP contribution in [0.2, 0.25) is 0 Å². The normalized spacial score (nSPS) is 21.2. The van der Waals surface area contributed by atoms with Crippen LogP contribution in [0.4, 0.5) is 17.1 Å². The fourth-order valence-electron chi connectivity index (χ4n) is 14.2. The van der Waals surface area contributed by atoms with Gasteiger partial charge in [-0.15, -0.1) is 0 Å². The van der Waals surface area contributed by atoms with Gasteiger partial charge in [-0.25, -0.2) is 0 Å². The summed E-state index contributed by atoms with van der Waals surface area (Å²) in [4.78, 5) is 2.53. The van der Waals surface area contributed by atoms with E-state index in [0.717, 1.165) is 56.3 Å². The third-order valence-electron chi connectivity index (χ3n) is 16.8. The Bertz CT molecular complexity index is 3720. The van der Waals surface area contributed by atoms with Gasteiger partial charge in [-0.2, -0.15) is 0 Å². The van der Waals surface area contributed by atoms with Crippen LogP contribution in [-0.2, 0) is 5.41 Å². The zero-order chi connectivity index (χ0) is 43.8. The molecule has 4 bridgehead atoms. The number of benzene rings is 9. The van der Waals surface area contributed by atoms with Crippen LogP contribution in [0, 0.1) is 23.7 Å². The number of furan rings is 1. The summed E-state index contributed by atoms with van der Waals surface area (Å²) >= 11 is 0. The van der Waals surface area contributed by atoms with Crippen molar-refractivity contribution in [3.8, 4) is 39.1 Å². The van der Waals surface area contributed by atoms with Gasteiger partial charge in [0.15, 0.2) is 0 Å². The molecule has 4 saturated carbocycles. The zero-order valence-electron chi connectivity index (χ0n) is 37.3. The summed E-state index contributed by atoms with van der Waals surface area (Å²) in [6.45, 7) is 0. The van der Waals surface area contributed by atoms with Crippen LogP contribution in [0.3, 0.4) is 0 Å². The van der Waals surface area contributed by atoms with Crippen LogP contribution in [0.1, 0.15) is 43.2 Å². The zero-order valence-corrected chi connectivity index (χ0v) is 37.3. The van der Waals surface area contributed by atoms with Crippen LogP contribution in [0.25, 0.3) is 82.8 Å². The van der Waals surface area contributed by atoms with E-state index in [1.807, 2.05) is 6.07 Å². The van der Waals surface area contributed by atoms with Gasteiger partial charge in [-0.05, 0) is 167 Å². The maximum absolute atomic E-state index is 6.35. The molecule has 0 radical (unpaired) electrons. The molecule has 67 heavy (non-hydrogen) atoms. The van der Waals surface area contributed by atoms with E-state index < -0.39 is 0 Å². The van der Waals surface area contributed by atoms with E-state index >= 15 is 0 Å². The van der Waals surface area contributed by atoms with Crippen LogP contribution in [0.5, 0.6) is 0 Å². The predicted octanol–water partition coefficient (Wildman–Crippen LogP) is 17.2. The van der Waals surface area contributed by atoms with E-state index in [4.69, 9.17) is 4.42 Å². The highest BCUT2D eigenvalue weighted by atomic mass is 16.3. The van der Waals surface area contributed by atoms with Gasteiger partial charge in [0.25, 0.3) is 0 Å². The van der Waals surface area contributed by atoms with Crippen LogP contribution < -0.4 is 4.90 Å². The van der Waals surface area contributed by atoms with Gasteiger partial charge >= 0.3 is 0 Å². The van der Waals surface area contributed by atoms with E-state index in [1.54, 1.807) is 11.1 Å². The van der Waals surface area contributed by atoms with Crippen molar-refractivity contribution < 1.29 is 4.42 Å². The largest absolute Gasteiger partial charge is 0.456 e. The second kappa shape index (κ2) is 14.2. The topological polar surface area (TPSA) is 21.3 Å². The first-order chi connectivity index (χ1) is 33.2. The van der Waals surface area contributed by atoms with Crippen molar-refractivity contribution in [2.75, 3.05) is 4.90 Å². The maximum atomic E-state index is 6.35. The highest BCUT2D eigenvalue weighted by Crippen LogP contribution is 2.68. The van der Waals surface area contributed by atoms with Crippen LogP contribution in [-0.4, -0.2) is 4.57 Å². The van der Waals surface area contributed by atoms with E-state index in [0.29, 0.717) is 11.8 Å². The first kappa shape index (κ1) is 37.6. The minimum absolute atomic E-state index is 0.0246. The van der Waals surface area contributed by atoms with E-state index in [-0.39, 0.29) is 5.41 Å². The van der Waals surface area contributed by atoms with E-state index in [1.165, 1.54) is 87.5 Å². The van der Waals surface area contributed by atoms with Crippen molar-refractivity contribution in [2.45, 2.75) is 37.5 Å². The number of nitrogens with zero attached hydrogens (tertiary/aromatic N) is 2. The lowest BCUT2D eigenvalue weighted by molar-refractivity contribution is -0.0418. The Balaban J connectivity index is 0.918. The maximum Gasteiger partial charge on any atom is 0.136 e. The molecule has 9 aromatic carbocycles. The molecule has 11 aromatic rings. The first-order valence-electron chi connectivity index (χ1n) is 24.4. The molecule has 4 fully saturated rings. The molecular formula is C64H48N2O. The molecule has 3 heteroatoms. The molecule has 1 aliphatic heterocycles. The van der Waals surface area contributed by atoms with Gasteiger partial charge in [-0.3, -0.25) is 0 Å². The Labute approximate surface area is 390 Å². The van der Waals surface area contributed by atoms with Gasteiger partial charge in [0.2, 0.25) is 0 Å². The molecule has 0 N–H and O–H groups in total. The smallest absolute Gasteiger partial charge is 0.136 e. The number of hydrogen-bond donors (Lipinski definition) is 0. The number of rotatable bonds is 6. The fourth-order valence-corrected chi connectivity index (χ4v) is 14.2. The van der Waals surface area contributed by atoms with Crippen molar-refractivity contribution >= 4 is 60.8 Å². The van der Waals surface area contributed by atoms with E-state index in [9.17, 15) is 0 Å². The molecule has 0 saturated heterocycles. The second-order valence-electron chi connectivity index (χ2n) is 20.1. The molecule has 1 spiro atoms. The quantitative estimate of drug-likeness (QED) is 0.166. The molecule has 3 heterocycles. The van der Waals surface area contributed by atoms with Crippen molar-refractivity contribution in [3.05, 3.63) is 217 Å². The predicted molar refractivity (Wildman–Crippen MR) is 277 cm³/mol. The van der Waals surface area contributed by atoms with Crippen molar-refractivity contribution in [2.24, 2.45) is 23.7 Å². The lowest BCUT2D eigenvalue weighted by Gasteiger charge is -2.63. The van der Waals surface area contributed by atoms with Crippen LogP contribution >= 0.6 is 0 Å². The number of aromatic nitrogens is 1. The molecule has 3 nitrogen and oxygen atoms in total. The lowest BCUT2D eigenvalue weighted by Crippen LogP contribution is -2.57. The Kier molecular flexibility index (Phi) is 7.96. The van der Waals surface area contributed by atoms with E-state index in [2.05, 4.69) is 210 Å². The molecular weight excluding hydrogens is 813 g/mol. The summed E-state index contributed by atoms with van der Waals surface area (Å²) in [6, 6.07) is 76.9. The third-order valence-corrected chi connectivity index (χ3v) is 16.8. The SMILES string of the molecule is c1ccc(-c2ccc(-c3ccc(N(c4ccc(-c5ccc6c(c5)oc5ccccc56)cc4)c4cc5c6c(c4)c4ccccc4n6-c4ccccc4C54C5CC6CC(C5)CC4C6)cc3)cc2)cc1. The average Bonchev–Trinajstić information content (AvgIpc) is 3.93. The highest BCUT2D eigenvalue weighted by Gasteiger charge is 2.61. The van der Waals surface area contributed by atoms with Crippen molar-refractivity contribution in [1.29, 1.82) is 0 Å². The van der Waals surface area contributed by atoms with Gasteiger partial charge in [0.05, 0.1) is 16.7 Å². The molecule has 320 valence electrons.